The fraction of sp³-hybridized carbons (Fsp3) is 0.889. The third-order valence-electron chi connectivity index (χ3n) is 2.52. The molecular weight excluding hydrogens is 311 g/mol. The van der Waals surface area contributed by atoms with Crippen molar-refractivity contribution in [2.24, 2.45) is 0 Å². The molecule has 0 spiro atoms. The molecule has 0 aliphatic rings. The zero-order valence-electron chi connectivity index (χ0n) is 9.84. The van der Waals surface area contributed by atoms with Crippen LogP contribution in [0.5, 0.6) is 0 Å². The fourth-order valence-corrected chi connectivity index (χ4v) is 1.30. The molecule has 0 saturated heterocycles. The van der Waals surface area contributed by atoms with Crippen LogP contribution in [0.15, 0.2) is 0 Å². The van der Waals surface area contributed by atoms with Gasteiger partial charge in [0.15, 0.2) is 0 Å². The lowest BCUT2D eigenvalue weighted by Gasteiger charge is -2.35. The summed E-state index contributed by atoms with van der Waals surface area (Å²) in [6, 6.07) is 0. The molecule has 0 aliphatic heterocycles. The van der Waals surface area contributed by atoms with Gasteiger partial charge < -0.3 is 0 Å². The number of rotatable bonds is 6. The Morgan fingerprint density at radius 3 is 1.70 bits per heavy atom. The van der Waals surface area contributed by atoms with E-state index in [9.17, 15) is 44.4 Å². The molecule has 0 amide bonds. The average molecular weight is 320 g/mol. The molecule has 0 bridgehead atoms. The van der Waals surface area contributed by atoms with Crippen molar-refractivity contribution in [3.63, 3.8) is 0 Å². The largest absolute Gasteiger partial charge is 0.460 e. The van der Waals surface area contributed by atoms with Gasteiger partial charge in [-0.25, -0.2) is 9.18 Å². The molecule has 0 heterocycles. The Balaban J connectivity index is 5.84. The van der Waals surface area contributed by atoms with Crippen molar-refractivity contribution < 1.29 is 49.4 Å². The Bertz CT molecular complexity index is 352. The first-order valence-electron chi connectivity index (χ1n) is 5.14. The zero-order valence-corrected chi connectivity index (χ0v) is 9.84. The van der Waals surface area contributed by atoms with Crippen molar-refractivity contribution in [3.05, 3.63) is 0 Å². The molecule has 0 saturated carbocycles. The number of hydrogen-bond acceptors (Lipinski definition) is 2. The molecule has 2 nitrogen and oxygen atoms in total. The van der Waals surface area contributed by atoms with Gasteiger partial charge in [-0.2, -0.15) is 30.7 Å². The highest BCUT2D eigenvalue weighted by Crippen LogP contribution is 2.54. The second kappa shape index (κ2) is 5.68. The Morgan fingerprint density at radius 1 is 0.950 bits per heavy atom. The maximum Gasteiger partial charge on any atom is 0.460 e. The summed E-state index contributed by atoms with van der Waals surface area (Å²) in [5.74, 6) is -16.5. The second-order valence-electron chi connectivity index (χ2n) is 3.92. The van der Waals surface area contributed by atoms with Crippen LogP contribution >= 0.6 is 0 Å². The molecule has 1 atom stereocenters. The Morgan fingerprint density at radius 2 is 1.40 bits per heavy atom. The number of alkyl halides is 8. The fourth-order valence-electron chi connectivity index (χ4n) is 1.30. The normalized spacial score (nSPS) is 16.7. The smallest absolute Gasteiger partial charge is 0.251 e. The summed E-state index contributed by atoms with van der Waals surface area (Å²) >= 11 is 0. The summed E-state index contributed by atoms with van der Waals surface area (Å²) in [5, 5.41) is 0. The molecule has 0 rings (SSSR count). The quantitative estimate of drug-likeness (QED) is 0.687. The molecular formula is C9H9F9O2. The molecule has 1 unspecified atom stereocenters. The van der Waals surface area contributed by atoms with E-state index in [-0.39, 0.29) is 6.42 Å². The summed E-state index contributed by atoms with van der Waals surface area (Å²) < 4.78 is 113. The van der Waals surface area contributed by atoms with Crippen LogP contribution in [0.1, 0.15) is 26.2 Å². The van der Waals surface area contributed by atoms with E-state index in [1.54, 1.807) is 0 Å². The highest BCUT2D eigenvalue weighted by atomic mass is 19.4. The minimum absolute atomic E-state index is 0.126. The van der Waals surface area contributed by atoms with Crippen molar-refractivity contribution in [2.45, 2.75) is 49.9 Å². The van der Waals surface area contributed by atoms with Crippen LogP contribution < -0.4 is 0 Å². The highest BCUT2D eigenvalue weighted by Gasteiger charge is 2.82. The van der Waals surface area contributed by atoms with Crippen molar-refractivity contribution in [3.8, 4) is 0 Å². The molecule has 11 heteroatoms. The van der Waals surface area contributed by atoms with Crippen LogP contribution in [-0.4, -0.2) is 29.7 Å². The number of unbranched alkanes of at least 4 members (excludes halogenated alkanes) is 1. The van der Waals surface area contributed by atoms with Crippen molar-refractivity contribution >= 4 is 5.97 Å². The van der Waals surface area contributed by atoms with Crippen LogP contribution in [0.4, 0.5) is 39.6 Å². The van der Waals surface area contributed by atoms with E-state index in [1.807, 2.05) is 0 Å². The minimum atomic E-state index is -6.88. The van der Waals surface area contributed by atoms with Crippen LogP contribution in [0.3, 0.4) is 0 Å². The minimum Gasteiger partial charge on any atom is -0.251 e. The number of carbonyl (C=O) groups excluding carboxylic acids is 1. The topological polar surface area (TPSA) is 26.3 Å². The summed E-state index contributed by atoms with van der Waals surface area (Å²) in [4.78, 5) is 12.7. The molecule has 0 N–H and O–H groups in total. The summed E-state index contributed by atoms with van der Waals surface area (Å²) in [7, 11) is 0. The van der Waals surface area contributed by atoms with Crippen LogP contribution in [0.2, 0.25) is 0 Å². The third kappa shape index (κ3) is 2.80. The van der Waals surface area contributed by atoms with Gasteiger partial charge in [0.2, 0.25) is 0 Å². The Kier molecular flexibility index (Phi) is 5.35. The summed E-state index contributed by atoms with van der Waals surface area (Å²) in [6.45, 7) is 1.25. The van der Waals surface area contributed by atoms with Crippen molar-refractivity contribution in [1.29, 1.82) is 0 Å². The highest BCUT2D eigenvalue weighted by molar-refractivity contribution is 5.80. The van der Waals surface area contributed by atoms with Crippen LogP contribution in [-0.2, 0) is 9.74 Å². The van der Waals surface area contributed by atoms with Gasteiger partial charge in [-0.1, -0.05) is 13.3 Å². The molecule has 0 aromatic carbocycles. The average Bonchev–Trinajstić information content (AvgIpc) is 2.32. The molecule has 0 aromatic rings. The van der Waals surface area contributed by atoms with Gasteiger partial charge in [0.25, 0.3) is 5.67 Å². The third-order valence-corrected chi connectivity index (χ3v) is 2.52. The van der Waals surface area contributed by atoms with Crippen molar-refractivity contribution in [2.75, 3.05) is 0 Å². The van der Waals surface area contributed by atoms with E-state index in [0.29, 0.717) is 0 Å². The number of carbonyl (C=O) groups is 1. The van der Waals surface area contributed by atoms with Gasteiger partial charge in [0.1, 0.15) is 0 Å². The van der Waals surface area contributed by atoms with Gasteiger partial charge >= 0.3 is 24.0 Å². The molecule has 20 heavy (non-hydrogen) atoms. The summed E-state index contributed by atoms with van der Waals surface area (Å²) in [5.41, 5.74) is -5.14. The summed E-state index contributed by atoms with van der Waals surface area (Å²) in [6.07, 6.45) is -9.39. The van der Waals surface area contributed by atoms with Crippen LogP contribution in [0.25, 0.3) is 0 Å². The zero-order chi connectivity index (χ0) is 16.4. The maximum atomic E-state index is 13.7. The van der Waals surface area contributed by atoms with E-state index in [2.05, 4.69) is 4.94 Å². The molecule has 0 aliphatic carbocycles. The van der Waals surface area contributed by atoms with E-state index in [0.717, 1.165) is 0 Å². The predicted molar refractivity (Wildman–Crippen MR) is 46.5 cm³/mol. The van der Waals surface area contributed by atoms with Gasteiger partial charge in [-0.05, 0) is 12.8 Å². The van der Waals surface area contributed by atoms with Gasteiger partial charge in [-0.3, -0.25) is 4.94 Å². The first kappa shape index (κ1) is 18.8. The first-order valence-corrected chi connectivity index (χ1v) is 5.14. The van der Waals surface area contributed by atoms with Gasteiger partial charge in [0.05, 0.1) is 0 Å². The SMILES string of the molecule is CCCCC(F)(C(=O)OF)C(F)(F)C(F)(F)C(F)(F)F. The van der Waals surface area contributed by atoms with Crippen LogP contribution in [0, 0.1) is 0 Å². The first-order chi connectivity index (χ1) is 8.79. The maximum absolute atomic E-state index is 13.7. The number of halogens is 9. The monoisotopic (exact) mass is 320 g/mol. The molecule has 0 radical (unpaired) electrons. The van der Waals surface area contributed by atoms with Gasteiger partial charge in [0, 0.05) is 4.53 Å². The molecule has 0 aromatic heterocycles. The molecule has 120 valence electrons. The van der Waals surface area contributed by atoms with E-state index < -0.39 is 42.5 Å². The Hall–Kier alpha value is -1.16. The standard InChI is InChI=1S/C9H9F9O2/c1-2-3-4-6(10,5(19)20-18)7(11,12)8(13,14)9(15,16)17/h2-4H2,1H3. The van der Waals surface area contributed by atoms with E-state index in [4.69, 9.17) is 0 Å². The predicted octanol–water partition coefficient (Wildman–Crippen LogP) is 4.15. The lowest BCUT2D eigenvalue weighted by Crippen LogP contribution is -2.65. The second-order valence-corrected chi connectivity index (χ2v) is 3.92. The molecule has 0 fully saturated rings. The lowest BCUT2D eigenvalue weighted by molar-refractivity contribution is -0.378. The van der Waals surface area contributed by atoms with E-state index >= 15 is 0 Å². The van der Waals surface area contributed by atoms with E-state index in [1.165, 1.54) is 6.92 Å². The van der Waals surface area contributed by atoms with Gasteiger partial charge in [-0.15, -0.1) is 0 Å². The Labute approximate surface area is 106 Å². The lowest BCUT2D eigenvalue weighted by atomic mass is 9.87. The van der Waals surface area contributed by atoms with Crippen molar-refractivity contribution in [1.82, 2.24) is 0 Å². The number of hydrogen-bond donors (Lipinski definition) is 0.